The van der Waals surface area contributed by atoms with Crippen LogP contribution in [-0.4, -0.2) is 10.5 Å². The second kappa shape index (κ2) is 6.53. The Hall–Kier alpha value is -0.160. The standard InChI is InChI=1S/C17H29NS/c1-17(2,3)14-10-9-13(12-18)16(11-14)19-15-7-5-4-6-8-15/h13-16H,4-11H2,1-3H3. The second-order valence-electron chi connectivity index (χ2n) is 7.55. The molecule has 0 aromatic carbocycles. The lowest BCUT2D eigenvalue weighted by molar-refractivity contribution is 0.168. The molecule has 3 atom stereocenters. The molecule has 0 radical (unpaired) electrons. The summed E-state index contributed by atoms with van der Waals surface area (Å²) in [6.45, 7) is 7.10. The lowest BCUT2D eigenvalue weighted by Gasteiger charge is -2.41. The van der Waals surface area contributed by atoms with Gasteiger partial charge in [0.15, 0.2) is 0 Å². The Morgan fingerprint density at radius 3 is 2.26 bits per heavy atom. The van der Waals surface area contributed by atoms with Gasteiger partial charge in [0.2, 0.25) is 0 Å². The van der Waals surface area contributed by atoms with Crippen molar-refractivity contribution < 1.29 is 0 Å². The predicted octanol–water partition coefficient (Wildman–Crippen LogP) is 5.41. The Bertz CT molecular complexity index is 319. The van der Waals surface area contributed by atoms with Gasteiger partial charge in [-0.15, -0.1) is 0 Å². The van der Waals surface area contributed by atoms with Crippen molar-refractivity contribution in [2.24, 2.45) is 17.3 Å². The average molecular weight is 279 g/mol. The lowest BCUT2D eigenvalue weighted by Crippen LogP contribution is -2.34. The van der Waals surface area contributed by atoms with Crippen molar-refractivity contribution in [3.05, 3.63) is 0 Å². The van der Waals surface area contributed by atoms with Gasteiger partial charge in [-0.1, -0.05) is 40.0 Å². The van der Waals surface area contributed by atoms with Gasteiger partial charge in [0.05, 0.1) is 12.0 Å². The van der Waals surface area contributed by atoms with E-state index < -0.39 is 0 Å². The van der Waals surface area contributed by atoms with E-state index in [4.69, 9.17) is 0 Å². The minimum atomic E-state index is 0.311. The Morgan fingerprint density at radius 1 is 1.00 bits per heavy atom. The van der Waals surface area contributed by atoms with Crippen LogP contribution in [0.25, 0.3) is 0 Å². The van der Waals surface area contributed by atoms with Gasteiger partial charge >= 0.3 is 0 Å². The molecule has 108 valence electrons. The third kappa shape index (κ3) is 4.15. The molecule has 2 fully saturated rings. The number of rotatable bonds is 2. The molecule has 2 heteroatoms. The maximum absolute atomic E-state index is 9.42. The molecule has 0 spiro atoms. The summed E-state index contributed by atoms with van der Waals surface area (Å²) in [6, 6.07) is 2.59. The van der Waals surface area contributed by atoms with Gasteiger partial charge in [-0.3, -0.25) is 0 Å². The molecule has 0 saturated heterocycles. The first-order valence-electron chi connectivity index (χ1n) is 8.06. The van der Waals surface area contributed by atoms with E-state index in [-0.39, 0.29) is 0 Å². The maximum atomic E-state index is 9.42. The van der Waals surface area contributed by atoms with Crippen molar-refractivity contribution in [1.82, 2.24) is 0 Å². The molecule has 3 unspecified atom stereocenters. The molecule has 2 aliphatic carbocycles. The predicted molar refractivity (Wildman–Crippen MR) is 84.2 cm³/mol. The zero-order chi connectivity index (χ0) is 13.9. The highest BCUT2D eigenvalue weighted by molar-refractivity contribution is 8.00. The summed E-state index contributed by atoms with van der Waals surface area (Å²) < 4.78 is 0. The molecule has 0 N–H and O–H groups in total. The Labute approximate surface area is 123 Å². The van der Waals surface area contributed by atoms with Crippen molar-refractivity contribution in [2.45, 2.75) is 82.6 Å². The monoisotopic (exact) mass is 279 g/mol. The number of nitriles is 1. The van der Waals surface area contributed by atoms with E-state index in [9.17, 15) is 5.26 Å². The fourth-order valence-corrected chi connectivity index (χ4v) is 5.49. The Kier molecular flexibility index (Phi) is 5.23. The van der Waals surface area contributed by atoms with Crippen molar-refractivity contribution in [3.63, 3.8) is 0 Å². The topological polar surface area (TPSA) is 23.8 Å². The van der Waals surface area contributed by atoms with Crippen LogP contribution in [0.2, 0.25) is 0 Å². The van der Waals surface area contributed by atoms with Gasteiger partial charge in [-0.25, -0.2) is 0 Å². The summed E-state index contributed by atoms with van der Waals surface area (Å²) in [4.78, 5) is 0. The molecule has 19 heavy (non-hydrogen) atoms. The number of hydrogen-bond donors (Lipinski definition) is 0. The fraction of sp³-hybridized carbons (Fsp3) is 0.941. The van der Waals surface area contributed by atoms with Crippen LogP contribution < -0.4 is 0 Å². The first kappa shape index (κ1) is 15.2. The van der Waals surface area contributed by atoms with Gasteiger partial charge in [0.25, 0.3) is 0 Å². The minimum absolute atomic E-state index is 0.311. The molecule has 2 rings (SSSR count). The summed E-state index contributed by atoms with van der Waals surface area (Å²) in [5, 5.41) is 10.9. The van der Waals surface area contributed by atoms with Gasteiger partial charge in [-0.05, 0) is 43.4 Å². The Morgan fingerprint density at radius 2 is 1.68 bits per heavy atom. The second-order valence-corrected chi connectivity index (χ2v) is 9.09. The molecule has 1 nitrogen and oxygen atoms in total. The van der Waals surface area contributed by atoms with Crippen LogP contribution in [0, 0.1) is 28.6 Å². The fourth-order valence-electron chi connectivity index (χ4n) is 3.66. The van der Waals surface area contributed by atoms with Crippen LogP contribution in [0.3, 0.4) is 0 Å². The van der Waals surface area contributed by atoms with Crippen LogP contribution in [-0.2, 0) is 0 Å². The largest absolute Gasteiger partial charge is 0.198 e. The minimum Gasteiger partial charge on any atom is -0.198 e. The Balaban J connectivity index is 1.95. The highest BCUT2D eigenvalue weighted by Gasteiger charge is 2.37. The molecule has 0 bridgehead atoms. The van der Waals surface area contributed by atoms with E-state index in [2.05, 4.69) is 38.6 Å². The van der Waals surface area contributed by atoms with E-state index in [1.54, 1.807) is 0 Å². The van der Waals surface area contributed by atoms with Crippen molar-refractivity contribution in [1.29, 1.82) is 5.26 Å². The van der Waals surface area contributed by atoms with Crippen molar-refractivity contribution >= 4 is 11.8 Å². The number of nitrogens with zero attached hydrogens (tertiary/aromatic N) is 1. The number of hydrogen-bond acceptors (Lipinski definition) is 2. The molecule has 0 aromatic heterocycles. The normalized spacial score (nSPS) is 33.9. The van der Waals surface area contributed by atoms with Crippen LogP contribution in [0.4, 0.5) is 0 Å². The maximum Gasteiger partial charge on any atom is 0.0667 e. The molecule has 2 aliphatic rings. The highest BCUT2D eigenvalue weighted by Crippen LogP contribution is 2.46. The van der Waals surface area contributed by atoms with Gasteiger partial charge in [0.1, 0.15) is 0 Å². The molecular formula is C17H29NS. The molecular weight excluding hydrogens is 250 g/mol. The van der Waals surface area contributed by atoms with E-state index in [0.717, 1.165) is 17.6 Å². The molecule has 0 heterocycles. The summed E-state index contributed by atoms with van der Waals surface area (Å²) in [5.41, 5.74) is 0.409. The first-order valence-corrected chi connectivity index (χ1v) is 9.00. The SMILES string of the molecule is CC(C)(C)C1CCC(C#N)C(SC2CCCCC2)C1. The van der Waals surface area contributed by atoms with Crippen LogP contribution in [0.15, 0.2) is 0 Å². The van der Waals surface area contributed by atoms with Crippen molar-refractivity contribution in [2.75, 3.05) is 0 Å². The molecule has 0 amide bonds. The third-order valence-electron chi connectivity index (χ3n) is 5.10. The lowest BCUT2D eigenvalue weighted by atomic mass is 9.70. The van der Waals surface area contributed by atoms with Gasteiger partial charge in [0, 0.05) is 10.5 Å². The average Bonchev–Trinajstić information content (AvgIpc) is 2.39. The molecule has 2 saturated carbocycles. The summed E-state index contributed by atoms with van der Waals surface area (Å²) in [5.74, 6) is 1.11. The van der Waals surface area contributed by atoms with Crippen molar-refractivity contribution in [3.8, 4) is 6.07 Å². The summed E-state index contributed by atoms with van der Waals surface area (Å²) in [7, 11) is 0. The molecule has 0 aliphatic heterocycles. The van der Waals surface area contributed by atoms with E-state index in [1.807, 2.05) is 0 Å². The van der Waals surface area contributed by atoms with Gasteiger partial charge < -0.3 is 0 Å². The quantitative estimate of drug-likeness (QED) is 0.675. The zero-order valence-electron chi connectivity index (χ0n) is 12.8. The van der Waals surface area contributed by atoms with Crippen LogP contribution in [0.5, 0.6) is 0 Å². The van der Waals surface area contributed by atoms with E-state index in [0.29, 0.717) is 16.6 Å². The molecule has 0 aromatic rings. The van der Waals surface area contributed by atoms with Crippen LogP contribution >= 0.6 is 11.8 Å². The van der Waals surface area contributed by atoms with Gasteiger partial charge in [-0.2, -0.15) is 17.0 Å². The summed E-state index contributed by atoms with van der Waals surface area (Å²) in [6.07, 6.45) is 10.7. The third-order valence-corrected chi connectivity index (χ3v) is 6.83. The zero-order valence-corrected chi connectivity index (χ0v) is 13.6. The van der Waals surface area contributed by atoms with E-state index >= 15 is 0 Å². The van der Waals surface area contributed by atoms with E-state index in [1.165, 1.54) is 44.9 Å². The highest BCUT2D eigenvalue weighted by atomic mass is 32.2. The van der Waals surface area contributed by atoms with Crippen LogP contribution in [0.1, 0.15) is 72.1 Å². The smallest absolute Gasteiger partial charge is 0.0667 e. The first-order chi connectivity index (χ1) is 9.00. The number of thioether (sulfide) groups is 1. The summed E-state index contributed by atoms with van der Waals surface area (Å²) >= 11 is 2.17.